The molecule has 0 unspecified atom stereocenters. The second-order valence-corrected chi connectivity index (χ2v) is 1.84. The van der Waals surface area contributed by atoms with Crippen LogP contribution in [0.3, 0.4) is 0 Å². The van der Waals surface area contributed by atoms with Crippen molar-refractivity contribution in [1.29, 1.82) is 0 Å². The van der Waals surface area contributed by atoms with Crippen LogP contribution in [0.5, 0.6) is 0 Å². The van der Waals surface area contributed by atoms with Gasteiger partial charge in [0.05, 0.1) is 0 Å². The van der Waals surface area contributed by atoms with E-state index in [4.69, 9.17) is 0 Å². The van der Waals surface area contributed by atoms with Gasteiger partial charge in [0.1, 0.15) is 0 Å². The number of allylic oxidation sites excluding steroid dienone is 1. The lowest BCUT2D eigenvalue weighted by Gasteiger charge is -1.91. The zero-order chi connectivity index (χ0) is 7.98. The summed E-state index contributed by atoms with van der Waals surface area (Å²) in [6, 6.07) is 0. The quantitative estimate of drug-likeness (QED) is 0.585. The highest BCUT2D eigenvalue weighted by Gasteiger charge is 2.02. The zero-order valence-electron chi connectivity index (χ0n) is 6.18. The average molecular weight is 141 g/mol. The van der Waals surface area contributed by atoms with E-state index in [2.05, 4.69) is 5.32 Å². The third-order valence-electron chi connectivity index (χ3n) is 0.888. The zero-order valence-corrected chi connectivity index (χ0v) is 6.18. The van der Waals surface area contributed by atoms with Gasteiger partial charge in [-0.15, -0.1) is 0 Å². The fourth-order valence-corrected chi connectivity index (χ4v) is 0.354. The maximum Gasteiger partial charge on any atom is 0.290 e. The molecule has 0 aliphatic carbocycles. The fraction of sp³-hybridized carbons (Fsp3) is 0.429. The summed E-state index contributed by atoms with van der Waals surface area (Å²) < 4.78 is 0. The van der Waals surface area contributed by atoms with Gasteiger partial charge in [-0.25, -0.2) is 0 Å². The molecule has 3 nitrogen and oxygen atoms in total. The summed E-state index contributed by atoms with van der Waals surface area (Å²) in [6.07, 6.45) is 4.09. The molecule has 0 bridgehead atoms. The summed E-state index contributed by atoms with van der Waals surface area (Å²) >= 11 is 0. The summed E-state index contributed by atoms with van der Waals surface area (Å²) in [7, 11) is 0. The summed E-state index contributed by atoms with van der Waals surface area (Å²) in [5, 5.41) is 2.31. The maximum absolute atomic E-state index is 10.5. The van der Waals surface area contributed by atoms with Crippen molar-refractivity contribution in [1.82, 2.24) is 5.32 Å². The normalized spacial score (nSPS) is 9.80. The van der Waals surface area contributed by atoms with E-state index in [1.54, 1.807) is 6.08 Å². The van der Waals surface area contributed by atoms with Crippen LogP contribution >= 0.6 is 0 Å². The first-order valence-corrected chi connectivity index (χ1v) is 3.15. The Labute approximate surface area is 60.1 Å². The van der Waals surface area contributed by atoms with Crippen molar-refractivity contribution in [3.63, 3.8) is 0 Å². The van der Waals surface area contributed by atoms with Gasteiger partial charge in [-0.1, -0.05) is 13.0 Å². The first kappa shape index (κ1) is 8.88. The van der Waals surface area contributed by atoms with Crippen molar-refractivity contribution in [2.75, 3.05) is 0 Å². The molecule has 10 heavy (non-hydrogen) atoms. The lowest BCUT2D eigenvalue weighted by atomic mass is 10.4. The minimum atomic E-state index is -0.565. The number of rotatable bonds is 3. The molecule has 0 spiro atoms. The van der Waals surface area contributed by atoms with Gasteiger partial charge in [0.15, 0.2) is 0 Å². The van der Waals surface area contributed by atoms with Gasteiger partial charge >= 0.3 is 0 Å². The molecule has 1 N–H and O–H groups in total. The number of ketones is 1. The Morgan fingerprint density at radius 3 is 2.50 bits per heavy atom. The summed E-state index contributed by atoms with van der Waals surface area (Å²) in [6.45, 7) is 3.17. The van der Waals surface area contributed by atoms with E-state index in [0.717, 1.165) is 6.42 Å². The largest absolute Gasteiger partial charge is 0.326 e. The van der Waals surface area contributed by atoms with Gasteiger partial charge in [0.2, 0.25) is 5.78 Å². The molecule has 0 saturated heterocycles. The van der Waals surface area contributed by atoms with E-state index in [0.29, 0.717) is 0 Å². The molecule has 0 radical (unpaired) electrons. The van der Waals surface area contributed by atoms with Gasteiger partial charge in [-0.3, -0.25) is 9.59 Å². The maximum atomic E-state index is 10.5. The van der Waals surface area contributed by atoms with Crippen LogP contribution in [-0.4, -0.2) is 11.7 Å². The Morgan fingerprint density at radius 2 is 2.10 bits per heavy atom. The van der Waals surface area contributed by atoms with Gasteiger partial charge in [0, 0.05) is 13.1 Å². The standard InChI is InChI=1S/C7H11NO2/c1-3-4-5-8-7(10)6(2)9/h4-5H,3H2,1-2H3,(H,8,10)/b5-4-. The number of carbonyl (C=O) groups excluding carboxylic acids is 2. The highest BCUT2D eigenvalue weighted by Crippen LogP contribution is 1.76. The highest BCUT2D eigenvalue weighted by molar-refractivity contribution is 6.35. The minimum Gasteiger partial charge on any atom is -0.326 e. The van der Waals surface area contributed by atoms with E-state index in [-0.39, 0.29) is 0 Å². The number of nitrogens with one attached hydrogen (secondary N) is 1. The molecule has 0 atom stereocenters. The topological polar surface area (TPSA) is 46.2 Å². The lowest BCUT2D eigenvalue weighted by Crippen LogP contribution is -2.24. The SMILES string of the molecule is CC/C=C\NC(=O)C(C)=O. The highest BCUT2D eigenvalue weighted by atomic mass is 16.2. The van der Waals surface area contributed by atoms with Gasteiger partial charge in [-0.05, 0) is 6.42 Å². The van der Waals surface area contributed by atoms with Crippen molar-refractivity contribution in [3.05, 3.63) is 12.3 Å². The monoisotopic (exact) mass is 141 g/mol. The van der Waals surface area contributed by atoms with Crippen LogP contribution in [0.2, 0.25) is 0 Å². The van der Waals surface area contributed by atoms with Crippen molar-refractivity contribution in [2.45, 2.75) is 20.3 Å². The van der Waals surface area contributed by atoms with Crippen LogP contribution in [0.25, 0.3) is 0 Å². The molecule has 0 fully saturated rings. The third kappa shape index (κ3) is 3.83. The molecule has 0 heterocycles. The van der Waals surface area contributed by atoms with Crippen molar-refractivity contribution < 1.29 is 9.59 Å². The second kappa shape index (κ2) is 4.73. The Morgan fingerprint density at radius 1 is 1.50 bits per heavy atom. The Balaban J connectivity index is 3.60. The molecule has 0 aliphatic heterocycles. The molecule has 0 aromatic carbocycles. The smallest absolute Gasteiger partial charge is 0.290 e. The molecule has 0 rings (SSSR count). The van der Waals surface area contributed by atoms with Crippen LogP contribution in [0.1, 0.15) is 20.3 Å². The van der Waals surface area contributed by atoms with Crippen LogP contribution in [0.4, 0.5) is 0 Å². The van der Waals surface area contributed by atoms with E-state index >= 15 is 0 Å². The van der Waals surface area contributed by atoms with Crippen molar-refractivity contribution in [3.8, 4) is 0 Å². The van der Waals surface area contributed by atoms with Gasteiger partial charge in [-0.2, -0.15) is 0 Å². The summed E-state index contributed by atoms with van der Waals surface area (Å²) in [5.41, 5.74) is 0. The third-order valence-corrected chi connectivity index (χ3v) is 0.888. The predicted octanol–water partition coefficient (Wildman–Crippen LogP) is 0.615. The molecular weight excluding hydrogens is 130 g/mol. The summed E-state index contributed by atoms with van der Waals surface area (Å²) in [5.74, 6) is -1.04. The molecule has 0 aromatic heterocycles. The van der Waals surface area contributed by atoms with E-state index < -0.39 is 11.7 Å². The molecule has 0 saturated carbocycles. The predicted molar refractivity (Wildman–Crippen MR) is 38.3 cm³/mol. The molecule has 0 aromatic rings. The Bertz CT molecular complexity index is 161. The average Bonchev–Trinajstić information content (AvgIpc) is 1.88. The Hall–Kier alpha value is -1.12. The second-order valence-electron chi connectivity index (χ2n) is 1.84. The van der Waals surface area contributed by atoms with Crippen molar-refractivity contribution in [2.24, 2.45) is 0 Å². The van der Waals surface area contributed by atoms with Crippen molar-refractivity contribution >= 4 is 11.7 Å². The summed E-state index contributed by atoms with van der Waals surface area (Å²) in [4.78, 5) is 20.8. The van der Waals surface area contributed by atoms with E-state index in [1.165, 1.54) is 13.1 Å². The molecule has 56 valence electrons. The fourth-order valence-electron chi connectivity index (χ4n) is 0.354. The first-order chi connectivity index (χ1) is 4.68. The number of carbonyl (C=O) groups is 2. The number of amides is 1. The van der Waals surface area contributed by atoms with Gasteiger partial charge < -0.3 is 5.32 Å². The number of hydrogen-bond acceptors (Lipinski definition) is 2. The van der Waals surface area contributed by atoms with Crippen LogP contribution in [0.15, 0.2) is 12.3 Å². The van der Waals surface area contributed by atoms with Crippen LogP contribution < -0.4 is 5.32 Å². The van der Waals surface area contributed by atoms with Gasteiger partial charge in [0.25, 0.3) is 5.91 Å². The molecule has 3 heteroatoms. The molecule has 1 amide bonds. The van der Waals surface area contributed by atoms with E-state index in [1.807, 2.05) is 6.92 Å². The molecule has 0 aliphatic rings. The molecular formula is C7H11NO2. The number of hydrogen-bond donors (Lipinski definition) is 1. The van der Waals surface area contributed by atoms with E-state index in [9.17, 15) is 9.59 Å². The van der Waals surface area contributed by atoms with Crippen LogP contribution in [-0.2, 0) is 9.59 Å². The first-order valence-electron chi connectivity index (χ1n) is 3.15. The minimum absolute atomic E-state index is 0.472. The lowest BCUT2D eigenvalue weighted by molar-refractivity contribution is -0.136. The van der Waals surface area contributed by atoms with Crippen LogP contribution in [0, 0.1) is 0 Å². The Kier molecular flexibility index (Phi) is 4.20. The number of Topliss-reactive ketones (excluding diaryl/α,β-unsaturated/α-hetero) is 1.